The van der Waals surface area contributed by atoms with Gasteiger partial charge >= 0.3 is 0 Å². The molecule has 0 fully saturated rings. The maximum absolute atomic E-state index is 12.2. The van der Waals surface area contributed by atoms with Crippen LogP contribution in [0.5, 0.6) is 11.5 Å². The second-order valence-corrected chi connectivity index (χ2v) is 7.55. The summed E-state index contributed by atoms with van der Waals surface area (Å²) in [4.78, 5) is 27.6. The van der Waals surface area contributed by atoms with E-state index in [4.69, 9.17) is 19.2 Å². The maximum atomic E-state index is 12.2. The highest BCUT2D eigenvalue weighted by molar-refractivity contribution is 7.14. The predicted octanol–water partition coefficient (Wildman–Crippen LogP) is 3.72. The smallest absolute Gasteiger partial charge is 0.226 e. The van der Waals surface area contributed by atoms with Gasteiger partial charge in [-0.25, -0.2) is 4.98 Å². The standard InChI is InChI=1S/C22H22N4O5S/c1-14(27)24-12-16-6-8-18(31-16)17-13-32-22(25-17)26-21(28)4-3-9-30-19-7-5-15(11-23)10-20(19)29-2/h5-8,10,13H,3-4,9,12H2,1-2H3,(H,24,27)(H,25,26,28). The van der Waals surface area contributed by atoms with E-state index in [9.17, 15) is 9.59 Å². The number of hydrogen-bond acceptors (Lipinski definition) is 8. The van der Waals surface area contributed by atoms with Crippen molar-refractivity contribution < 1.29 is 23.5 Å². The molecule has 10 heteroatoms. The number of rotatable bonds is 10. The molecule has 0 spiro atoms. The fourth-order valence-electron chi connectivity index (χ4n) is 2.72. The van der Waals surface area contributed by atoms with Crippen LogP contribution in [0, 0.1) is 11.3 Å². The number of carbonyl (C=O) groups excluding carboxylic acids is 2. The van der Waals surface area contributed by atoms with Crippen molar-refractivity contribution in [1.82, 2.24) is 10.3 Å². The van der Waals surface area contributed by atoms with E-state index in [0.717, 1.165) is 0 Å². The molecule has 2 aromatic heterocycles. The Balaban J connectivity index is 1.45. The molecule has 3 rings (SSSR count). The molecule has 2 N–H and O–H groups in total. The highest BCUT2D eigenvalue weighted by Gasteiger charge is 2.12. The summed E-state index contributed by atoms with van der Waals surface area (Å²) in [6.07, 6.45) is 0.757. The highest BCUT2D eigenvalue weighted by Crippen LogP contribution is 2.28. The van der Waals surface area contributed by atoms with Gasteiger partial charge in [-0.3, -0.25) is 9.59 Å². The minimum atomic E-state index is -0.174. The first-order valence-electron chi connectivity index (χ1n) is 9.78. The van der Waals surface area contributed by atoms with Crippen molar-refractivity contribution >= 4 is 28.3 Å². The zero-order valence-electron chi connectivity index (χ0n) is 17.6. The third-order valence-corrected chi connectivity index (χ3v) is 5.03. The van der Waals surface area contributed by atoms with Gasteiger partial charge in [0.15, 0.2) is 22.4 Å². The zero-order valence-corrected chi connectivity index (χ0v) is 18.5. The number of amides is 2. The number of nitriles is 1. The summed E-state index contributed by atoms with van der Waals surface area (Å²) in [5, 5.41) is 16.6. The Hall–Kier alpha value is -3.84. The van der Waals surface area contributed by atoms with Crippen molar-refractivity contribution in [3.63, 3.8) is 0 Å². The van der Waals surface area contributed by atoms with Gasteiger partial charge in [-0.05, 0) is 30.7 Å². The third-order valence-electron chi connectivity index (χ3n) is 4.27. The molecule has 0 saturated carbocycles. The lowest BCUT2D eigenvalue weighted by Gasteiger charge is -2.10. The number of hydrogen-bond donors (Lipinski definition) is 2. The third kappa shape index (κ3) is 6.33. The first kappa shape index (κ1) is 22.8. The molecule has 0 unspecified atom stereocenters. The zero-order chi connectivity index (χ0) is 22.9. The molecular formula is C22H22N4O5S. The van der Waals surface area contributed by atoms with Gasteiger partial charge in [0.2, 0.25) is 11.8 Å². The molecular weight excluding hydrogens is 432 g/mol. The SMILES string of the molecule is COc1cc(C#N)ccc1OCCCC(=O)Nc1nc(-c2ccc(CNC(C)=O)o2)cs1. The van der Waals surface area contributed by atoms with Crippen LogP contribution in [0.25, 0.3) is 11.5 Å². The number of benzene rings is 1. The van der Waals surface area contributed by atoms with Gasteiger partial charge < -0.3 is 24.5 Å². The fourth-order valence-corrected chi connectivity index (χ4v) is 3.44. The molecule has 2 heterocycles. The van der Waals surface area contributed by atoms with Crippen LogP contribution in [0.4, 0.5) is 5.13 Å². The molecule has 0 aliphatic heterocycles. The average molecular weight is 455 g/mol. The van der Waals surface area contributed by atoms with E-state index in [1.165, 1.54) is 25.4 Å². The number of nitrogens with one attached hydrogen (secondary N) is 2. The maximum Gasteiger partial charge on any atom is 0.226 e. The molecule has 0 aliphatic carbocycles. The van der Waals surface area contributed by atoms with Gasteiger partial charge in [-0.15, -0.1) is 11.3 Å². The van der Waals surface area contributed by atoms with Crippen molar-refractivity contribution in [1.29, 1.82) is 5.26 Å². The van der Waals surface area contributed by atoms with Crippen LogP contribution in [0.2, 0.25) is 0 Å². The molecule has 9 nitrogen and oxygen atoms in total. The number of thiazole rings is 1. The van der Waals surface area contributed by atoms with E-state index in [-0.39, 0.29) is 18.2 Å². The van der Waals surface area contributed by atoms with Gasteiger partial charge in [0.1, 0.15) is 11.5 Å². The number of carbonyl (C=O) groups is 2. The summed E-state index contributed by atoms with van der Waals surface area (Å²) < 4.78 is 16.5. The lowest BCUT2D eigenvalue weighted by atomic mass is 10.2. The molecule has 3 aromatic rings. The molecule has 166 valence electrons. The van der Waals surface area contributed by atoms with E-state index in [1.807, 2.05) is 6.07 Å². The van der Waals surface area contributed by atoms with Gasteiger partial charge in [0.25, 0.3) is 0 Å². The molecule has 0 radical (unpaired) electrons. The Morgan fingerprint density at radius 2 is 2.09 bits per heavy atom. The van der Waals surface area contributed by atoms with Gasteiger partial charge in [-0.1, -0.05) is 0 Å². The topological polar surface area (TPSA) is 126 Å². The number of nitrogens with zero attached hydrogens (tertiary/aromatic N) is 2. The second kappa shape index (κ2) is 11.0. The normalized spacial score (nSPS) is 10.3. The minimum absolute atomic E-state index is 0.136. The van der Waals surface area contributed by atoms with Crippen molar-refractivity contribution in [2.45, 2.75) is 26.3 Å². The predicted molar refractivity (Wildman–Crippen MR) is 118 cm³/mol. The van der Waals surface area contributed by atoms with Crippen LogP contribution in [0.3, 0.4) is 0 Å². The largest absolute Gasteiger partial charge is 0.493 e. The van der Waals surface area contributed by atoms with Crippen LogP contribution >= 0.6 is 11.3 Å². The molecule has 0 atom stereocenters. The van der Waals surface area contributed by atoms with Crippen molar-refractivity contribution in [2.24, 2.45) is 0 Å². The monoisotopic (exact) mass is 454 g/mol. The summed E-state index contributed by atoms with van der Waals surface area (Å²) in [5.41, 5.74) is 1.09. The van der Waals surface area contributed by atoms with E-state index < -0.39 is 0 Å². The fraction of sp³-hybridized carbons (Fsp3) is 0.273. The van der Waals surface area contributed by atoms with Gasteiger partial charge in [-0.2, -0.15) is 5.26 Å². The van der Waals surface area contributed by atoms with Crippen molar-refractivity contribution in [2.75, 3.05) is 19.0 Å². The number of anilines is 1. The first-order chi connectivity index (χ1) is 15.5. The molecule has 0 saturated heterocycles. The van der Waals surface area contributed by atoms with Crippen molar-refractivity contribution in [3.8, 4) is 29.0 Å². The van der Waals surface area contributed by atoms with Crippen LogP contribution < -0.4 is 20.1 Å². The summed E-state index contributed by atoms with van der Waals surface area (Å²) in [6, 6.07) is 10.5. The highest BCUT2D eigenvalue weighted by atomic mass is 32.1. The molecule has 2 amide bonds. The summed E-state index contributed by atoms with van der Waals surface area (Å²) in [6.45, 7) is 2.07. The lowest BCUT2D eigenvalue weighted by molar-refractivity contribution is -0.119. The summed E-state index contributed by atoms with van der Waals surface area (Å²) >= 11 is 1.30. The lowest BCUT2D eigenvalue weighted by Crippen LogP contribution is -2.18. The summed E-state index contributed by atoms with van der Waals surface area (Å²) in [7, 11) is 1.51. The van der Waals surface area contributed by atoms with Crippen LogP contribution in [0.1, 0.15) is 31.1 Å². The molecule has 0 bridgehead atoms. The Morgan fingerprint density at radius 1 is 1.25 bits per heavy atom. The number of aromatic nitrogens is 1. The summed E-state index contributed by atoms with van der Waals surface area (Å²) in [5.74, 6) is 1.87. The van der Waals surface area contributed by atoms with E-state index >= 15 is 0 Å². The van der Waals surface area contributed by atoms with E-state index in [0.29, 0.717) is 59.0 Å². The van der Waals surface area contributed by atoms with Gasteiger partial charge in [0.05, 0.1) is 31.9 Å². The van der Waals surface area contributed by atoms with Gasteiger partial charge in [0, 0.05) is 24.8 Å². The quantitative estimate of drug-likeness (QED) is 0.447. The molecule has 32 heavy (non-hydrogen) atoms. The van der Waals surface area contributed by atoms with Crippen LogP contribution in [-0.2, 0) is 16.1 Å². The van der Waals surface area contributed by atoms with E-state index in [2.05, 4.69) is 15.6 Å². The molecule has 0 aliphatic rings. The number of furan rings is 1. The Labute approximate surface area is 189 Å². The second-order valence-electron chi connectivity index (χ2n) is 6.69. The van der Waals surface area contributed by atoms with Crippen molar-refractivity contribution in [3.05, 3.63) is 47.0 Å². The van der Waals surface area contributed by atoms with Crippen LogP contribution in [0.15, 0.2) is 40.1 Å². The number of methoxy groups -OCH3 is 1. The molecule has 1 aromatic carbocycles. The van der Waals surface area contributed by atoms with E-state index in [1.54, 1.807) is 35.7 Å². The first-order valence-corrected chi connectivity index (χ1v) is 10.7. The Kier molecular flexibility index (Phi) is 7.83. The number of ether oxygens (including phenoxy) is 2. The Morgan fingerprint density at radius 3 is 2.84 bits per heavy atom. The average Bonchev–Trinajstić information content (AvgIpc) is 3.44. The Bertz CT molecular complexity index is 1130. The minimum Gasteiger partial charge on any atom is -0.493 e. The van der Waals surface area contributed by atoms with Crippen LogP contribution in [-0.4, -0.2) is 30.5 Å².